The molecule has 12 heteroatoms. The highest BCUT2D eigenvalue weighted by Crippen LogP contribution is 2.43. The van der Waals surface area contributed by atoms with Crippen molar-refractivity contribution in [2.45, 2.75) is 54.8 Å². The van der Waals surface area contributed by atoms with Gasteiger partial charge in [0.1, 0.15) is 0 Å². The van der Waals surface area contributed by atoms with Crippen molar-refractivity contribution in [2.75, 3.05) is 12.3 Å². The van der Waals surface area contributed by atoms with Gasteiger partial charge in [-0.1, -0.05) is 24.3 Å². The lowest BCUT2D eigenvalue weighted by Gasteiger charge is -2.41. The molecular weight excluding hydrogens is 523 g/mol. The summed E-state index contributed by atoms with van der Waals surface area (Å²) in [5, 5.41) is 2.69. The Morgan fingerprint density at radius 2 is 1.79 bits per heavy atom. The second-order valence-corrected chi connectivity index (χ2v) is 11.8. The van der Waals surface area contributed by atoms with Crippen molar-refractivity contribution in [2.24, 2.45) is 11.7 Å². The van der Waals surface area contributed by atoms with Gasteiger partial charge in [0, 0.05) is 24.2 Å². The molecule has 0 bridgehead atoms. The van der Waals surface area contributed by atoms with E-state index in [1.165, 1.54) is 23.1 Å². The molecule has 2 aromatic rings. The maximum atomic E-state index is 13.9. The van der Waals surface area contributed by atoms with Crippen molar-refractivity contribution in [1.29, 1.82) is 0 Å². The van der Waals surface area contributed by atoms with Crippen LogP contribution in [-0.2, 0) is 25.6 Å². The molecule has 0 spiro atoms. The normalized spacial score (nSPS) is 24.3. The van der Waals surface area contributed by atoms with Crippen molar-refractivity contribution < 1.29 is 36.0 Å². The Labute approximate surface area is 218 Å². The highest BCUT2D eigenvalue weighted by Gasteiger charge is 2.47. The Morgan fingerprint density at radius 1 is 1.08 bits per heavy atom. The third kappa shape index (κ3) is 5.54. The Balaban J connectivity index is 1.67. The zero-order chi connectivity index (χ0) is 27.7. The average Bonchev–Trinajstić information content (AvgIpc) is 3.24. The van der Waals surface area contributed by atoms with Crippen molar-refractivity contribution in [1.82, 2.24) is 10.2 Å². The molecule has 1 saturated carbocycles. The van der Waals surface area contributed by atoms with Crippen LogP contribution in [0.3, 0.4) is 0 Å². The molecule has 2 fully saturated rings. The maximum absolute atomic E-state index is 13.9. The van der Waals surface area contributed by atoms with E-state index in [2.05, 4.69) is 5.32 Å². The van der Waals surface area contributed by atoms with Crippen LogP contribution in [0.25, 0.3) is 0 Å². The van der Waals surface area contributed by atoms with Crippen LogP contribution in [0.5, 0.6) is 0 Å². The van der Waals surface area contributed by atoms with E-state index in [1.54, 1.807) is 18.2 Å². The molecule has 8 nitrogen and oxygen atoms in total. The number of sulfone groups is 1. The second-order valence-electron chi connectivity index (χ2n) is 9.72. The molecule has 0 aromatic heterocycles. The summed E-state index contributed by atoms with van der Waals surface area (Å²) in [5.41, 5.74) is 3.49. The van der Waals surface area contributed by atoms with E-state index in [-0.39, 0.29) is 41.6 Å². The molecule has 0 unspecified atom stereocenters. The largest absolute Gasteiger partial charge is 0.416 e. The molecule has 3 amide bonds. The number of nitrogens with two attached hydrogens (primary N) is 1. The zero-order valence-electron chi connectivity index (χ0n) is 20.4. The number of alkyl halides is 3. The first-order chi connectivity index (χ1) is 17.9. The van der Waals surface area contributed by atoms with Crippen LogP contribution < -0.4 is 11.1 Å². The molecule has 4 rings (SSSR count). The van der Waals surface area contributed by atoms with Crippen LogP contribution in [0.15, 0.2) is 53.4 Å². The van der Waals surface area contributed by atoms with Gasteiger partial charge >= 0.3 is 6.18 Å². The number of carbonyl (C=O) groups is 3. The molecule has 3 N–H and O–H groups in total. The van der Waals surface area contributed by atoms with Gasteiger partial charge in [0.25, 0.3) is 0 Å². The lowest BCUT2D eigenvalue weighted by Crippen LogP contribution is -2.50. The third-order valence-corrected chi connectivity index (χ3v) is 9.30. The number of benzene rings is 2. The van der Waals surface area contributed by atoms with Crippen LogP contribution in [0.4, 0.5) is 13.2 Å². The van der Waals surface area contributed by atoms with Gasteiger partial charge in [-0.15, -0.1) is 0 Å². The minimum absolute atomic E-state index is 0.0247. The minimum Gasteiger partial charge on any atom is -0.366 e. The average molecular weight is 552 g/mol. The number of halogens is 3. The van der Waals surface area contributed by atoms with E-state index in [4.69, 9.17) is 5.73 Å². The maximum Gasteiger partial charge on any atom is 0.416 e. The van der Waals surface area contributed by atoms with E-state index in [0.717, 1.165) is 12.1 Å². The number of likely N-dealkylation sites (tertiary alicyclic amines) is 1. The van der Waals surface area contributed by atoms with Gasteiger partial charge in [-0.05, 0) is 61.4 Å². The molecule has 1 aliphatic heterocycles. The lowest BCUT2D eigenvalue weighted by atomic mass is 9.81. The standard InChI is InChI=1S/C26H28F3N3O5S/c27-26(28,29)21-8-4-7-19(24(30)34)23(21)20-11-12-32(25(20)35)22-10-9-17(31-15-33)13-16(22)14-38(36,37)18-5-2-1-3-6-18/h1-8,15-17,20,22H,9-14H2,(H2,30,34)(H,31,33)/t16-,17+,20-,22-/m0/s1. The van der Waals surface area contributed by atoms with Gasteiger partial charge in [0.2, 0.25) is 18.2 Å². The summed E-state index contributed by atoms with van der Waals surface area (Å²) in [7, 11) is -3.75. The number of primary amides is 1. The number of hydrogen-bond donors (Lipinski definition) is 2. The van der Waals surface area contributed by atoms with Gasteiger partial charge in [-0.2, -0.15) is 13.2 Å². The second kappa shape index (κ2) is 10.8. The molecule has 204 valence electrons. The Hall–Kier alpha value is -3.41. The first-order valence-electron chi connectivity index (χ1n) is 12.2. The highest BCUT2D eigenvalue weighted by atomic mass is 32.2. The minimum atomic E-state index is -4.81. The molecule has 38 heavy (non-hydrogen) atoms. The summed E-state index contributed by atoms with van der Waals surface area (Å²) >= 11 is 0. The van der Waals surface area contributed by atoms with Crippen molar-refractivity contribution in [3.05, 3.63) is 65.2 Å². The molecule has 1 heterocycles. The summed E-state index contributed by atoms with van der Waals surface area (Å²) in [6.45, 7) is 0.103. The monoisotopic (exact) mass is 551 g/mol. The quantitative estimate of drug-likeness (QED) is 0.488. The SMILES string of the molecule is NC(=O)c1cccc(C(F)(F)F)c1[C@@H]1CCN([C@H]2CC[C@@H](NC=O)C[C@H]2CS(=O)(=O)c2ccccc2)C1=O. The van der Waals surface area contributed by atoms with Crippen molar-refractivity contribution >= 4 is 28.1 Å². The van der Waals surface area contributed by atoms with Gasteiger partial charge in [-0.3, -0.25) is 14.4 Å². The van der Waals surface area contributed by atoms with Crippen LogP contribution in [0.2, 0.25) is 0 Å². The summed E-state index contributed by atoms with van der Waals surface area (Å²) < 4.78 is 68.0. The van der Waals surface area contributed by atoms with Gasteiger partial charge in [-0.25, -0.2) is 8.42 Å². The Bertz CT molecular complexity index is 1320. The zero-order valence-corrected chi connectivity index (χ0v) is 21.2. The molecule has 4 atom stereocenters. The fourth-order valence-electron chi connectivity index (χ4n) is 5.79. The van der Waals surface area contributed by atoms with Crippen LogP contribution in [-0.4, -0.2) is 55.9 Å². The smallest absolute Gasteiger partial charge is 0.366 e. The van der Waals surface area contributed by atoms with Crippen LogP contribution in [0.1, 0.15) is 53.1 Å². The number of amides is 3. The lowest BCUT2D eigenvalue weighted by molar-refractivity contribution is -0.139. The third-order valence-electron chi connectivity index (χ3n) is 7.45. The molecule has 1 saturated heterocycles. The highest BCUT2D eigenvalue weighted by molar-refractivity contribution is 7.91. The van der Waals surface area contributed by atoms with E-state index >= 15 is 0 Å². The molecular formula is C26H28F3N3O5S. The topological polar surface area (TPSA) is 127 Å². The molecule has 0 radical (unpaired) electrons. The number of rotatable bonds is 8. The van der Waals surface area contributed by atoms with Gasteiger partial charge in [0.05, 0.1) is 22.1 Å². The summed E-state index contributed by atoms with van der Waals surface area (Å²) in [4.78, 5) is 38.3. The van der Waals surface area contributed by atoms with Gasteiger partial charge in [0.15, 0.2) is 9.84 Å². The summed E-state index contributed by atoms with van der Waals surface area (Å²) in [6, 6.07) is 10.1. The van der Waals surface area contributed by atoms with Gasteiger partial charge < -0.3 is 16.0 Å². The number of nitrogens with zero attached hydrogens (tertiary/aromatic N) is 1. The first kappa shape index (κ1) is 27.6. The molecule has 2 aliphatic rings. The number of hydrogen-bond acceptors (Lipinski definition) is 5. The summed E-state index contributed by atoms with van der Waals surface area (Å²) in [5.74, 6) is -3.77. The fraction of sp³-hybridized carbons (Fsp3) is 0.423. The van der Waals surface area contributed by atoms with E-state index in [0.29, 0.717) is 19.3 Å². The first-order valence-corrected chi connectivity index (χ1v) is 13.9. The molecule has 2 aromatic carbocycles. The predicted molar refractivity (Wildman–Crippen MR) is 132 cm³/mol. The van der Waals surface area contributed by atoms with Crippen molar-refractivity contribution in [3.8, 4) is 0 Å². The Kier molecular flexibility index (Phi) is 7.82. The van der Waals surface area contributed by atoms with Crippen LogP contribution in [0, 0.1) is 5.92 Å². The number of nitrogens with one attached hydrogen (secondary N) is 1. The van der Waals surface area contributed by atoms with Crippen molar-refractivity contribution in [3.63, 3.8) is 0 Å². The molecule has 1 aliphatic carbocycles. The summed E-state index contributed by atoms with van der Waals surface area (Å²) in [6.07, 6.45) is -3.11. The predicted octanol–water partition coefficient (Wildman–Crippen LogP) is 2.88. The number of carbonyl (C=O) groups excluding carboxylic acids is 3. The van der Waals surface area contributed by atoms with E-state index in [9.17, 15) is 36.0 Å². The van der Waals surface area contributed by atoms with E-state index < -0.39 is 56.8 Å². The van der Waals surface area contributed by atoms with E-state index in [1.807, 2.05) is 0 Å². The fourth-order valence-corrected chi connectivity index (χ4v) is 7.48. The Morgan fingerprint density at radius 3 is 2.42 bits per heavy atom. The van der Waals surface area contributed by atoms with Crippen LogP contribution >= 0.6 is 0 Å².